The van der Waals surface area contributed by atoms with Gasteiger partial charge in [0.25, 0.3) is 0 Å². The van der Waals surface area contributed by atoms with Gasteiger partial charge in [-0.1, -0.05) is 6.58 Å². The molecule has 0 amide bonds. The first-order valence-electron chi connectivity index (χ1n) is 1.53. The second kappa shape index (κ2) is 6.46. The Morgan fingerprint density at radius 3 is 1.75 bits per heavy atom. The summed E-state index contributed by atoms with van der Waals surface area (Å²) in [5.41, 5.74) is 0.176. The summed E-state index contributed by atoms with van der Waals surface area (Å²) < 4.78 is 0. The molecule has 0 aliphatic carbocycles. The summed E-state index contributed by atoms with van der Waals surface area (Å²) in [5, 5.41) is 7.89. The topological polar surface area (TPSA) is 72.3 Å². The van der Waals surface area contributed by atoms with Crippen molar-refractivity contribution in [3.8, 4) is 0 Å². The van der Waals surface area contributed by atoms with Crippen LogP contribution in [0.25, 0.3) is 0 Å². The Balaban J connectivity index is -0.000000125. The molecule has 50 valence electrons. The molecular weight excluding hydrogens is 130 g/mol. The van der Waals surface area contributed by atoms with Crippen LogP contribution in [0.3, 0.4) is 0 Å². The van der Waals surface area contributed by atoms with Gasteiger partial charge in [-0.05, 0) is 6.92 Å². The van der Waals surface area contributed by atoms with Gasteiger partial charge in [-0.25, -0.2) is 4.79 Å². The Hall–Kier alpha value is -0.540. The van der Waals surface area contributed by atoms with Gasteiger partial charge in [0.1, 0.15) is 0 Å². The van der Waals surface area contributed by atoms with E-state index in [1.807, 2.05) is 0 Å². The van der Waals surface area contributed by atoms with Crippen LogP contribution in [0.15, 0.2) is 12.2 Å². The fraction of sp³-hybridized carbons (Fsp3) is 0.250. The summed E-state index contributed by atoms with van der Waals surface area (Å²) in [6.45, 7) is 4.60. The minimum absolute atomic E-state index is 0. The van der Waals surface area contributed by atoms with Gasteiger partial charge in [0.15, 0.2) is 0 Å². The second-order valence-corrected chi connectivity index (χ2v) is 1.09. The zero-order chi connectivity index (χ0) is 5.15. The lowest BCUT2D eigenvalue weighted by molar-refractivity contribution is -0.132. The lowest BCUT2D eigenvalue weighted by Crippen LogP contribution is -1.92. The molecule has 8 heavy (non-hydrogen) atoms. The monoisotopic (exact) mass is 139 g/mol. The molecule has 0 heterocycles. The average Bonchev–Trinajstić information content (AvgIpc) is 1.36. The largest absolute Gasteiger partial charge is 0.478 e. The van der Waals surface area contributed by atoms with Crippen molar-refractivity contribution in [2.75, 3.05) is 0 Å². The van der Waals surface area contributed by atoms with E-state index < -0.39 is 5.97 Å². The summed E-state index contributed by atoms with van der Waals surface area (Å²) >= 11 is 0. The Labute approximate surface area is 54.4 Å². The molecule has 4 heteroatoms. The van der Waals surface area contributed by atoms with Gasteiger partial charge in [-0.3, -0.25) is 0 Å². The first-order valence-corrected chi connectivity index (χ1v) is 1.53. The molecule has 0 atom stereocenters. The van der Waals surface area contributed by atoms with Gasteiger partial charge < -0.3 is 11.3 Å². The lowest BCUT2D eigenvalue weighted by atomic mass is 10.4. The molecule has 0 aliphatic heterocycles. The smallest absolute Gasteiger partial charge is 0.330 e. The Morgan fingerprint density at radius 2 is 1.75 bits per heavy atom. The quantitative estimate of drug-likeness (QED) is 0.537. The van der Waals surface area contributed by atoms with Crippen molar-refractivity contribution < 1.29 is 9.90 Å². The number of rotatable bonds is 1. The molecule has 3 nitrogen and oxygen atoms in total. The summed E-state index contributed by atoms with van der Waals surface area (Å²) in [4.78, 5) is 9.60. The van der Waals surface area contributed by atoms with E-state index in [1.165, 1.54) is 6.92 Å². The number of carboxylic acids is 1. The molecule has 0 fully saturated rings. The predicted octanol–water partition coefficient (Wildman–Crippen LogP) is 1.23. The molecule has 0 aliphatic rings. The molecule has 0 saturated carbocycles. The molecule has 0 unspecified atom stereocenters. The van der Waals surface area contributed by atoms with E-state index in [4.69, 9.17) is 5.11 Å². The molecule has 0 aromatic carbocycles. The predicted molar refractivity (Wildman–Crippen MR) is 34.7 cm³/mol. The highest BCUT2D eigenvalue weighted by Crippen LogP contribution is 1.81. The molecule has 0 saturated heterocycles. The molecule has 0 aromatic heterocycles. The zero-order valence-corrected chi connectivity index (χ0v) is 5.49. The SMILES string of the molecule is C=C(C)C(=O)O.Cl.N. The third kappa shape index (κ3) is 9.07. The van der Waals surface area contributed by atoms with Gasteiger partial charge in [0.05, 0.1) is 0 Å². The van der Waals surface area contributed by atoms with E-state index in [0.29, 0.717) is 0 Å². The second-order valence-electron chi connectivity index (χ2n) is 1.09. The minimum Gasteiger partial charge on any atom is -0.478 e. The summed E-state index contributed by atoms with van der Waals surface area (Å²) in [6, 6.07) is 0. The molecular formula is C4H10ClNO2. The van der Waals surface area contributed by atoms with Crippen molar-refractivity contribution in [1.82, 2.24) is 6.15 Å². The van der Waals surface area contributed by atoms with Crippen molar-refractivity contribution >= 4 is 18.4 Å². The molecule has 0 radical (unpaired) electrons. The normalized spacial score (nSPS) is 5.62. The summed E-state index contributed by atoms with van der Waals surface area (Å²) in [5.74, 6) is -0.935. The van der Waals surface area contributed by atoms with E-state index in [0.717, 1.165) is 0 Å². The van der Waals surface area contributed by atoms with E-state index in [-0.39, 0.29) is 24.1 Å². The average molecular weight is 140 g/mol. The van der Waals surface area contributed by atoms with Crippen LogP contribution in [0, 0.1) is 0 Å². The summed E-state index contributed by atoms with van der Waals surface area (Å²) in [7, 11) is 0. The molecule has 0 spiro atoms. The first-order chi connectivity index (χ1) is 2.64. The summed E-state index contributed by atoms with van der Waals surface area (Å²) in [6.07, 6.45) is 0. The van der Waals surface area contributed by atoms with Crippen LogP contribution in [0.1, 0.15) is 6.92 Å². The van der Waals surface area contributed by atoms with Crippen molar-refractivity contribution in [2.24, 2.45) is 0 Å². The number of carbonyl (C=O) groups is 1. The van der Waals surface area contributed by atoms with E-state index in [2.05, 4.69) is 6.58 Å². The number of aliphatic carboxylic acids is 1. The van der Waals surface area contributed by atoms with Crippen LogP contribution in [-0.2, 0) is 4.79 Å². The van der Waals surface area contributed by atoms with Crippen LogP contribution in [-0.4, -0.2) is 11.1 Å². The van der Waals surface area contributed by atoms with E-state index in [1.54, 1.807) is 0 Å². The minimum atomic E-state index is -0.935. The van der Waals surface area contributed by atoms with E-state index in [9.17, 15) is 4.79 Å². The van der Waals surface area contributed by atoms with Crippen molar-refractivity contribution in [3.05, 3.63) is 12.2 Å². The highest BCUT2D eigenvalue weighted by Gasteiger charge is 1.90. The molecule has 0 rings (SSSR count). The Bertz CT molecular complexity index is 80.0. The fourth-order valence-electron chi connectivity index (χ4n) is 0. The number of carboxylic acid groups (broad SMARTS) is 1. The maximum Gasteiger partial charge on any atom is 0.330 e. The highest BCUT2D eigenvalue weighted by atomic mass is 35.5. The zero-order valence-electron chi connectivity index (χ0n) is 4.68. The van der Waals surface area contributed by atoms with Crippen molar-refractivity contribution in [2.45, 2.75) is 6.92 Å². The Morgan fingerprint density at radius 1 is 1.62 bits per heavy atom. The number of halogens is 1. The first kappa shape index (κ1) is 15.7. The third-order valence-corrected chi connectivity index (χ3v) is 0.365. The van der Waals surface area contributed by atoms with Gasteiger partial charge in [-0.2, -0.15) is 0 Å². The van der Waals surface area contributed by atoms with Crippen LogP contribution in [0.2, 0.25) is 0 Å². The van der Waals surface area contributed by atoms with Crippen molar-refractivity contribution in [1.29, 1.82) is 0 Å². The fourth-order valence-corrected chi connectivity index (χ4v) is 0. The van der Waals surface area contributed by atoms with Gasteiger partial charge in [-0.15, -0.1) is 12.4 Å². The third-order valence-electron chi connectivity index (χ3n) is 0.365. The van der Waals surface area contributed by atoms with Crippen LogP contribution >= 0.6 is 12.4 Å². The van der Waals surface area contributed by atoms with Crippen LogP contribution in [0.4, 0.5) is 0 Å². The maximum atomic E-state index is 9.60. The van der Waals surface area contributed by atoms with Gasteiger partial charge in [0, 0.05) is 5.57 Å². The maximum absolute atomic E-state index is 9.60. The van der Waals surface area contributed by atoms with Crippen LogP contribution < -0.4 is 6.15 Å². The standard InChI is InChI=1S/C4H6O2.ClH.H3N/c1-3(2)4(5)6;;/h1H2,2H3,(H,5,6);1H;1H3. The van der Waals surface area contributed by atoms with Gasteiger partial charge >= 0.3 is 5.97 Å². The number of hydrogen-bond acceptors (Lipinski definition) is 2. The number of hydrogen-bond donors (Lipinski definition) is 2. The van der Waals surface area contributed by atoms with E-state index >= 15 is 0 Å². The van der Waals surface area contributed by atoms with Gasteiger partial charge in [0.2, 0.25) is 0 Å². The molecule has 0 aromatic rings. The Kier molecular flexibility index (Phi) is 12.6. The van der Waals surface area contributed by atoms with Crippen LogP contribution in [0.5, 0.6) is 0 Å². The molecule has 0 bridgehead atoms. The highest BCUT2D eigenvalue weighted by molar-refractivity contribution is 5.85. The molecule has 4 N–H and O–H groups in total. The van der Waals surface area contributed by atoms with Crippen molar-refractivity contribution in [3.63, 3.8) is 0 Å². The lowest BCUT2D eigenvalue weighted by Gasteiger charge is -1.79.